The molecule has 90 valence electrons. The third-order valence-corrected chi connectivity index (χ3v) is 3.60. The Balaban J connectivity index is 1.88. The van der Waals surface area contributed by atoms with Gasteiger partial charge >= 0.3 is 0 Å². The van der Waals surface area contributed by atoms with Gasteiger partial charge in [-0.3, -0.25) is 4.90 Å². The molecule has 0 amide bonds. The van der Waals surface area contributed by atoms with Crippen molar-refractivity contribution < 1.29 is 0 Å². The van der Waals surface area contributed by atoms with Crippen LogP contribution in [0.15, 0.2) is 47.8 Å². The first-order chi connectivity index (χ1) is 8.25. The minimum atomic E-state index is 0.0844. The van der Waals surface area contributed by atoms with Crippen LogP contribution < -0.4 is 5.73 Å². The van der Waals surface area contributed by atoms with Gasteiger partial charge in [-0.2, -0.15) is 0 Å². The third-order valence-electron chi connectivity index (χ3n) is 2.74. The van der Waals surface area contributed by atoms with Crippen molar-refractivity contribution in [2.45, 2.75) is 12.6 Å². The molecule has 1 unspecified atom stereocenters. The second kappa shape index (κ2) is 5.96. The molecule has 0 bridgehead atoms. The fourth-order valence-corrected chi connectivity index (χ4v) is 2.66. The highest BCUT2D eigenvalue weighted by atomic mass is 32.1. The van der Waals surface area contributed by atoms with Gasteiger partial charge in [0.25, 0.3) is 0 Å². The molecule has 17 heavy (non-hydrogen) atoms. The van der Waals surface area contributed by atoms with Gasteiger partial charge < -0.3 is 5.73 Å². The highest BCUT2D eigenvalue weighted by molar-refractivity contribution is 7.09. The van der Waals surface area contributed by atoms with Gasteiger partial charge in [0.15, 0.2) is 0 Å². The second-order valence-corrected chi connectivity index (χ2v) is 5.33. The third kappa shape index (κ3) is 3.66. The number of likely N-dealkylation sites (N-methyl/N-ethyl adjacent to an activating group) is 1. The predicted molar refractivity (Wildman–Crippen MR) is 74.0 cm³/mol. The van der Waals surface area contributed by atoms with Crippen LogP contribution in [0.5, 0.6) is 0 Å². The Bertz CT molecular complexity index is 425. The van der Waals surface area contributed by atoms with Gasteiger partial charge in [0.1, 0.15) is 0 Å². The number of thiophene rings is 1. The Hall–Kier alpha value is -1.16. The average molecular weight is 246 g/mol. The summed E-state index contributed by atoms with van der Waals surface area (Å²) in [5.74, 6) is 0. The molecule has 0 saturated heterocycles. The number of hydrogen-bond acceptors (Lipinski definition) is 3. The number of rotatable bonds is 5. The summed E-state index contributed by atoms with van der Waals surface area (Å²) in [6.07, 6.45) is 0. The van der Waals surface area contributed by atoms with E-state index in [9.17, 15) is 0 Å². The lowest BCUT2D eigenvalue weighted by Gasteiger charge is -2.20. The van der Waals surface area contributed by atoms with Crippen molar-refractivity contribution in [1.82, 2.24) is 4.90 Å². The van der Waals surface area contributed by atoms with Gasteiger partial charge in [-0.1, -0.05) is 36.4 Å². The summed E-state index contributed by atoms with van der Waals surface area (Å²) >= 11 is 1.79. The zero-order chi connectivity index (χ0) is 12.1. The lowest BCUT2D eigenvalue weighted by atomic mass is 10.1. The normalized spacial score (nSPS) is 12.9. The zero-order valence-electron chi connectivity index (χ0n) is 10.0. The molecule has 2 N–H and O–H groups in total. The highest BCUT2D eigenvalue weighted by Crippen LogP contribution is 2.14. The summed E-state index contributed by atoms with van der Waals surface area (Å²) in [6.45, 7) is 1.85. The van der Waals surface area contributed by atoms with E-state index < -0.39 is 0 Å². The van der Waals surface area contributed by atoms with E-state index in [4.69, 9.17) is 5.73 Å². The molecular weight excluding hydrogens is 228 g/mol. The summed E-state index contributed by atoms with van der Waals surface area (Å²) in [7, 11) is 2.11. The molecule has 0 radical (unpaired) electrons. The van der Waals surface area contributed by atoms with Crippen molar-refractivity contribution >= 4 is 11.3 Å². The number of benzene rings is 1. The fraction of sp³-hybridized carbons (Fsp3) is 0.286. The van der Waals surface area contributed by atoms with Gasteiger partial charge in [-0.15, -0.1) is 11.3 Å². The lowest BCUT2D eigenvalue weighted by molar-refractivity contribution is 0.308. The molecule has 0 aliphatic carbocycles. The SMILES string of the molecule is CN(Cc1cccs1)CC(N)c1ccccc1. The van der Waals surface area contributed by atoms with Crippen molar-refractivity contribution in [1.29, 1.82) is 0 Å². The maximum absolute atomic E-state index is 6.19. The first-order valence-corrected chi connectivity index (χ1v) is 6.65. The predicted octanol–water partition coefficient (Wildman–Crippen LogP) is 2.88. The van der Waals surface area contributed by atoms with Crippen LogP contribution in [-0.2, 0) is 6.54 Å². The summed E-state index contributed by atoms with van der Waals surface area (Å²) in [4.78, 5) is 3.65. The topological polar surface area (TPSA) is 29.3 Å². The van der Waals surface area contributed by atoms with Crippen molar-refractivity contribution in [2.75, 3.05) is 13.6 Å². The molecule has 0 aliphatic rings. The first kappa shape index (κ1) is 12.3. The molecule has 0 fully saturated rings. The maximum atomic E-state index is 6.19. The van der Waals surface area contributed by atoms with E-state index in [-0.39, 0.29) is 6.04 Å². The van der Waals surface area contributed by atoms with Gasteiger partial charge in [-0.25, -0.2) is 0 Å². The van der Waals surface area contributed by atoms with Crippen LogP contribution in [0.2, 0.25) is 0 Å². The molecule has 0 spiro atoms. The van der Waals surface area contributed by atoms with Crippen molar-refractivity contribution in [2.24, 2.45) is 5.73 Å². The van der Waals surface area contributed by atoms with Crippen LogP contribution in [-0.4, -0.2) is 18.5 Å². The standard InChI is InChI=1S/C14H18N2S/c1-16(10-13-8-5-9-17-13)11-14(15)12-6-3-2-4-7-12/h2-9,14H,10-11,15H2,1H3. The second-order valence-electron chi connectivity index (χ2n) is 4.29. The Morgan fingerprint density at radius 3 is 2.59 bits per heavy atom. The molecule has 1 atom stereocenters. The van der Waals surface area contributed by atoms with Gasteiger partial charge in [0, 0.05) is 24.0 Å². The summed E-state index contributed by atoms with van der Waals surface area (Å²) in [5, 5.41) is 2.11. The Labute approximate surface area is 107 Å². The van der Waals surface area contributed by atoms with Crippen LogP contribution in [0, 0.1) is 0 Å². The van der Waals surface area contributed by atoms with Crippen LogP contribution in [0.4, 0.5) is 0 Å². The van der Waals surface area contributed by atoms with E-state index in [1.807, 2.05) is 18.2 Å². The minimum Gasteiger partial charge on any atom is -0.323 e. The lowest BCUT2D eigenvalue weighted by Crippen LogP contribution is -2.28. The zero-order valence-corrected chi connectivity index (χ0v) is 10.9. The van der Waals surface area contributed by atoms with E-state index in [0.717, 1.165) is 13.1 Å². The minimum absolute atomic E-state index is 0.0844. The van der Waals surface area contributed by atoms with Crippen LogP contribution >= 0.6 is 11.3 Å². The van der Waals surface area contributed by atoms with E-state index >= 15 is 0 Å². The molecule has 2 rings (SSSR count). The molecule has 0 saturated carbocycles. The Kier molecular flexibility index (Phi) is 4.31. The first-order valence-electron chi connectivity index (χ1n) is 5.77. The number of hydrogen-bond donors (Lipinski definition) is 1. The number of nitrogens with two attached hydrogens (primary N) is 1. The largest absolute Gasteiger partial charge is 0.323 e. The molecule has 1 aromatic heterocycles. The Morgan fingerprint density at radius 1 is 1.18 bits per heavy atom. The highest BCUT2D eigenvalue weighted by Gasteiger charge is 2.09. The molecule has 2 nitrogen and oxygen atoms in total. The average Bonchev–Trinajstić information content (AvgIpc) is 2.82. The van der Waals surface area contributed by atoms with Crippen molar-refractivity contribution in [3.05, 3.63) is 58.3 Å². The van der Waals surface area contributed by atoms with E-state index in [0.29, 0.717) is 0 Å². The summed E-state index contributed by atoms with van der Waals surface area (Å²) in [6, 6.07) is 14.6. The van der Waals surface area contributed by atoms with Crippen LogP contribution in [0.1, 0.15) is 16.5 Å². The van der Waals surface area contributed by atoms with E-state index in [1.165, 1.54) is 10.4 Å². The molecule has 1 aromatic carbocycles. The van der Waals surface area contributed by atoms with Gasteiger partial charge in [-0.05, 0) is 24.1 Å². The van der Waals surface area contributed by atoms with E-state index in [1.54, 1.807) is 11.3 Å². The van der Waals surface area contributed by atoms with Gasteiger partial charge in [0.2, 0.25) is 0 Å². The monoisotopic (exact) mass is 246 g/mol. The number of nitrogens with zero attached hydrogens (tertiary/aromatic N) is 1. The molecule has 1 heterocycles. The van der Waals surface area contributed by atoms with Crippen molar-refractivity contribution in [3.8, 4) is 0 Å². The molecule has 2 aromatic rings. The quantitative estimate of drug-likeness (QED) is 0.879. The van der Waals surface area contributed by atoms with Crippen LogP contribution in [0.25, 0.3) is 0 Å². The molecule has 0 aliphatic heterocycles. The molecule has 3 heteroatoms. The van der Waals surface area contributed by atoms with E-state index in [2.05, 4.69) is 41.6 Å². The van der Waals surface area contributed by atoms with Gasteiger partial charge in [0.05, 0.1) is 0 Å². The Morgan fingerprint density at radius 2 is 1.94 bits per heavy atom. The summed E-state index contributed by atoms with van der Waals surface area (Å²) in [5.41, 5.74) is 7.39. The maximum Gasteiger partial charge on any atom is 0.0424 e. The van der Waals surface area contributed by atoms with Crippen molar-refractivity contribution in [3.63, 3.8) is 0 Å². The summed E-state index contributed by atoms with van der Waals surface area (Å²) < 4.78 is 0. The van der Waals surface area contributed by atoms with Crippen LogP contribution in [0.3, 0.4) is 0 Å². The molecular formula is C14H18N2S. The fourth-order valence-electron chi connectivity index (χ4n) is 1.87. The smallest absolute Gasteiger partial charge is 0.0424 e.